The first-order valence-electron chi connectivity index (χ1n) is 7.84. The zero-order valence-electron chi connectivity index (χ0n) is 12.9. The molecule has 0 aromatic carbocycles. The minimum Gasteiger partial charge on any atom is -0.465 e. The highest BCUT2D eigenvalue weighted by Crippen LogP contribution is 2.52. The molecule has 2 fully saturated rings. The lowest BCUT2D eigenvalue weighted by molar-refractivity contribution is -0.154. The van der Waals surface area contributed by atoms with Crippen molar-refractivity contribution in [3.63, 3.8) is 0 Å². The number of carbonyl (C=O) groups is 2. The van der Waals surface area contributed by atoms with Crippen LogP contribution in [0.3, 0.4) is 0 Å². The molecule has 0 radical (unpaired) electrons. The molecule has 3 rings (SSSR count). The van der Waals surface area contributed by atoms with Gasteiger partial charge in [0.15, 0.2) is 0 Å². The molecule has 2 bridgehead atoms. The molecular weight excluding hydrogens is 270 g/mol. The van der Waals surface area contributed by atoms with Crippen molar-refractivity contribution in [3.8, 4) is 0 Å². The number of carbonyl (C=O) groups excluding carboxylic acids is 2. The van der Waals surface area contributed by atoms with Crippen LogP contribution < -0.4 is 0 Å². The Morgan fingerprint density at radius 2 is 2.33 bits per heavy atom. The molecule has 0 N–H and O–H groups in total. The Balaban J connectivity index is 1.79. The average Bonchev–Trinajstić information content (AvgIpc) is 3.07. The zero-order chi connectivity index (χ0) is 15.2. The highest BCUT2D eigenvalue weighted by Gasteiger charge is 2.67. The number of fused-ring (bicyclic) bond motifs is 1. The van der Waals surface area contributed by atoms with Gasteiger partial charge in [0.1, 0.15) is 11.5 Å². The highest BCUT2D eigenvalue weighted by atomic mass is 16.6. The maximum Gasteiger partial charge on any atom is 0.312 e. The number of esters is 1. The van der Waals surface area contributed by atoms with Crippen molar-refractivity contribution in [2.24, 2.45) is 11.8 Å². The van der Waals surface area contributed by atoms with Crippen molar-refractivity contribution in [1.29, 1.82) is 0 Å². The average molecular weight is 293 g/mol. The third-order valence-electron chi connectivity index (χ3n) is 4.77. The molecule has 3 aliphatic rings. The van der Waals surface area contributed by atoms with Gasteiger partial charge in [0.2, 0.25) is 5.91 Å². The van der Waals surface area contributed by atoms with E-state index in [4.69, 9.17) is 9.47 Å². The van der Waals surface area contributed by atoms with Crippen molar-refractivity contribution in [2.75, 3.05) is 13.2 Å². The molecule has 21 heavy (non-hydrogen) atoms. The summed E-state index contributed by atoms with van der Waals surface area (Å²) in [4.78, 5) is 26.8. The number of hydrogen-bond acceptors (Lipinski definition) is 4. The fraction of sp³-hybridized carbons (Fsp3) is 0.750. The molecule has 0 aromatic heterocycles. The summed E-state index contributed by atoms with van der Waals surface area (Å²) in [5, 5.41) is 0. The molecule has 3 aliphatic heterocycles. The molecule has 1 spiro atoms. The summed E-state index contributed by atoms with van der Waals surface area (Å²) in [6.07, 6.45) is 5.41. The maximum atomic E-state index is 12.7. The van der Waals surface area contributed by atoms with E-state index in [-0.39, 0.29) is 24.0 Å². The number of unbranched alkanes of at least 4 members (excludes halogenated alkanes) is 1. The predicted molar refractivity (Wildman–Crippen MR) is 76.4 cm³/mol. The van der Waals surface area contributed by atoms with E-state index in [0.717, 1.165) is 12.8 Å². The summed E-state index contributed by atoms with van der Waals surface area (Å²) in [5.41, 5.74) is -0.611. The van der Waals surface area contributed by atoms with Crippen molar-refractivity contribution in [2.45, 2.75) is 51.4 Å². The standard InChI is InChI=1S/C16H23NO4/c1-4-5-8-20-15(19)12-11-6-7-16(21-11)9-17(10(2)3)14(18)13(12)16/h6-7,10-13H,4-5,8-9H2,1-3H3/t11-,12-,13+,16-/m1/s1. The van der Waals surface area contributed by atoms with Gasteiger partial charge in [-0.25, -0.2) is 0 Å². The number of nitrogens with zero attached hydrogens (tertiary/aromatic N) is 1. The first-order chi connectivity index (χ1) is 10.00. The second-order valence-corrected chi connectivity index (χ2v) is 6.48. The number of amides is 1. The number of ether oxygens (including phenoxy) is 2. The largest absolute Gasteiger partial charge is 0.465 e. The molecule has 0 aromatic rings. The molecule has 5 heteroatoms. The SMILES string of the molecule is CCCCOC(=O)[C@H]1[C@H]2C(=O)N(C(C)C)C[C@]23C=C[C@H]1O3. The van der Waals surface area contributed by atoms with Gasteiger partial charge in [-0.3, -0.25) is 9.59 Å². The first kappa shape index (κ1) is 14.6. The van der Waals surface area contributed by atoms with Gasteiger partial charge in [0.25, 0.3) is 0 Å². The Bertz CT molecular complexity index is 487. The van der Waals surface area contributed by atoms with Crippen LogP contribution in [-0.2, 0) is 19.1 Å². The molecule has 2 saturated heterocycles. The monoisotopic (exact) mass is 293 g/mol. The second-order valence-electron chi connectivity index (χ2n) is 6.48. The third kappa shape index (κ3) is 2.09. The minimum atomic E-state index is -0.611. The fourth-order valence-electron chi connectivity index (χ4n) is 3.65. The Morgan fingerprint density at radius 3 is 3.00 bits per heavy atom. The quantitative estimate of drug-likeness (QED) is 0.438. The molecule has 0 unspecified atom stereocenters. The fourth-order valence-corrected chi connectivity index (χ4v) is 3.65. The van der Waals surface area contributed by atoms with Crippen LogP contribution in [0, 0.1) is 11.8 Å². The van der Waals surface area contributed by atoms with Gasteiger partial charge < -0.3 is 14.4 Å². The van der Waals surface area contributed by atoms with E-state index in [1.54, 1.807) is 0 Å². The third-order valence-corrected chi connectivity index (χ3v) is 4.77. The van der Waals surface area contributed by atoms with E-state index in [9.17, 15) is 9.59 Å². The number of likely N-dealkylation sites (tertiary alicyclic amines) is 1. The second kappa shape index (κ2) is 5.13. The Hall–Kier alpha value is -1.36. The van der Waals surface area contributed by atoms with E-state index >= 15 is 0 Å². The van der Waals surface area contributed by atoms with Crippen LogP contribution in [0.4, 0.5) is 0 Å². The van der Waals surface area contributed by atoms with Crippen molar-refractivity contribution in [3.05, 3.63) is 12.2 Å². The maximum absolute atomic E-state index is 12.7. The summed E-state index contributed by atoms with van der Waals surface area (Å²) in [6.45, 7) is 6.98. The van der Waals surface area contributed by atoms with Gasteiger partial charge in [0.05, 0.1) is 25.2 Å². The first-order valence-corrected chi connectivity index (χ1v) is 7.84. The minimum absolute atomic E-state index is 0.0225. The number of rotatable bonds is 5. The van der Waals surface area contributed by atoms with Crippen LogP contribution >= 0.6 is 0 Å². The van der Waals surface area contributed by atoms with Gasteiger partial charge in [-0.2, -0.15) is 0 Å². The van der Waals surface area contributed by atoms with Gasteiger partial charge in [-0.05, 0) is 20.3 Å². The summed E-state index contributed by atoms with van der Waals surface area (Å²) >= 11 is 0. The van der Waals surface area contributed by atoms with Crippen LogP contribution in [0.2, 0.25) is 0 Å². The highest BCUT2D eigenvalue weighted by molar-refractivity contribution is 5.91. The molecule has 0 aliphatic carbocycles. The van der Waals surface area contributed by atoms with Crippen LogP contribution in [0.25, 0.3) is 0 Å². The van der Waals surface area contributed by atoms with E-state index in [2.05, 4.69) is 0 Å². The normalized spacial score (nSPS) is 36.7. The predicted octanol–water partition coefficient (Wildman–Crippen LogP) is 1.52. The van der Waals surface area contributed by atoms with Crippen molar-refractivity contribution < 1.29 is 19.1 Å². The van der Waals surface area contributed by atoms with E-state index < -0.39 is 17.4 Å². The summed E-state index contributed by atoms with van der Waals surface area (Å²) in [7, 11) is 0. The molecule has 3 heterocycles. The Morgan fingerprint density at radius 1 is 1.57 bits per heavy atom. The van der Waals surface area contributed by atoms with Crippen LogP contribution in [0.5, 0.6) is 0 Å². The summed E-state index contributed by atoms with van der Waals surface area (Å²) in [5.74, 6) is -1.16. The summed E-state index contributed by atoms with van der Waals surface area (Å²) < 4.78 is 11.3. The van der Waals surface area contributed by atoms with Gasteiger partial charge in [-0.1, -0.05) is 25.5 Å². The zero-order valence-corrected chi connectivity index (χ0v) is 12.9. The van der Waals surface area contributed by atoms with Gasteiger partial charge in [0, 0.05) is 6.04 Å². The number of hydrogen-bond donors (Lipinski definition) is 0. The van der Waals surface area contributed by atoms with Gasteiger partial charge >= 0.3 is 5.97 Å². The van der Waals surface area contributed by atoms with Gasteiger partial charge in [-0.15, -0.1) is 0 Å². The van der Waals surface area contributed by atoms with Crippen LogP contribution in [0.1, 0.15) is 33.6 Å². The molecule has 1 amide bonds. The Labute approximate surface area is 125 Å². The summed E-state index contributed by atoms with van der Waals surface area (Å²) in [6, 6.07) is 0.116. The van der Waals surface area contributed by atoms with Crippen molar-refractivity contribution in [1.82, 2.24) is 4.90 Å². The lowest BCUT2D eigenvalue weighted by atomic mass is 9.77. The van der Waals surface area contributed by atoms with Crippen LogP contribution in [-0.4, -0.2) is 47.7 Å². The Kier molecular flexibility index (Phi) is 3.56. The smallest absolute Gasteiger partial charge is 0.312 e. The topological polar surface area (TPSA) is 55.8 Å². The van der Waals surface area contributed by atoms with E-state index in [0.29, 0.717) is 13.2 Å². The van der Waals surface area contributed by atoms with Crippen LogP contribution in [0.15, 0.2) is 12.2 Å². The van der Waals surface area contributed by atoms with E-state index in [1.807, 2.05) is 37.8 Å². The molecule has 116 valence electrons. The van der Waals surface area contributed by atoms with Crippen molar-refractivity contribution >= 4 is 11.9 Å². The van der Waals surface area contributed by atoms with E-state index in [1.165, 1.54) is 0 Å². The lowest BCUT2D eigenvalue weighted by Crippen LogP contribution is -2.40. The lowest BCUT2D eigenvalue weighted by Gasteiger charge is -2.24. The molecule has 4 atom stereocenters. The molecule has 5 nitrogen and oxygen atoms in total. The molecular formula is C16H23NO4. The molecule has 0 saturated carbocycles.